The average molecular weight is 128 g/mol. The minimum absolute atomic E-state index is 0. The molecule has 0 aromatic heterocycles. The Morgan fingerprint density at radius 1 is 1.88 bits per heavy atom. The van der Waals surface area contributed by atoms with Gasteiger partial charge in [-0.05, 0) is 6.08 Å². The molecule has 0 radical (unpaired) electrons. The smallest absolute Gasteiger partial charge is 1.00 e. The van der Waals surface area contributed by atoms with Gasteiger partial charge in [0.25, 0.3) is 0 Å². The van der Waals surface area contributed by atoms with Gasteiger partial charge in [-0.2, -0.15) is 0 Å². The summed E-state index contributed by atoms with van der Waals surface area (Å²) in [6.07, 6.45) is 0.910. The summed E-state index contributed by atoms with van der Waals surface area (Å²) in [5.74, 6) is -1.02. The summed E-state index contributed by atoms with van der Waals surface area (Å²) in [4.78, 5) is 9.54. The van der Waals surface area contributed by atoms with Crippen molar-refractivity contribution in [2.75, 3.05) is 0 Å². The van der Waals surface area contributed by atoms with Crippen molar-refractivity contribution in [3.05, 3.63) is 12.4 Å². The average Bonchev–Trinajstić information content (AvgIpc) is 1.61. The van der Waals surface area contributed by atoms with Crippen molar-refractivity contribution in [3.63, 3.8) is 0 Å². The summed E-state index contributed by atoms with van der Waals surface area (Å²) in [5, 5.41) is 7.83. The molecular formula is C4H6FNaO2. The zero-order valence-electron chi connectivity index (χ0n) is 5.60. The molecular weight excluding hydrogens is 122 g/mol. The Kier molecular flexibility index (Phi) is 9.82. The molecule has 1 N–H and O–H groups in total. The zero-order valence-corrected chi connectivity index (χ0v) is 6.60. The standard InChI is InChI=1S/C4H5FO2.Na.H/c5-3-1-2-4(6)7;;/h1,3H,2H2,(H,6,7);;/q;+1;-1. The molecule has 8 heavy (non-hydrogen) atoms. The quantitative estimate of drug-likeness (QED) is 0.439. The first-order valence-corrected chi connectivity index (χ1v) is 1.74. The fraction of sp³-hybridized carbons (Fsp3) is 0.250. The number of carboxylic acids is 1. The van der Waals surface area contributed by atoms with Crippen LogP contribution >= 0.6 is 0 Å². The van der Waals surface area contributed by atoms with Crippen LogP contribution in [0.15, 0.2) is 12.4 Å². The van der Waals surface area contributed by atoms with Crippen molar-refractivity contribution in [1.82, 2.24) is 0 Å². The summed E-state index contributed by atoms with van der Waals surface area (Å²) in [5.41, 5.74) is 0. The Hall–Kier alpha value is 0.140. The van der Waals surface area contributed by atoms with Crippen LogP contribution in [0.4, 0.5) is 4.39 Å². The van der Waals surface area contributed by atoms with E-state index in [1.54, 1.807) is 0 Å². The number of rotatable bonds is 2. The first-order valence-electron chi connectivity index (χ1n) is 1.74. The molecule has 0 aliphatic rings. The van der Waals surface area contributed by atoms with Gasteiger partial charge in [0, 0.05) is 0 Å². The van der Waals surface area contributed by atoms with E-state index >= 15 is 0 Å². The predicted molar refractivity (Wildman–Crippen MR) is 23.6 cm³/mol. The van der Waals surface area contributed by atoms with Gasteiger partial charge < -0.3 is 6.53 Å². The second-order valence-corrected chi connectivity index (χ2v) is 0.960. The van der Waals surface area contributed by atoms with E-state index in [9.17, 15) is 9.18 Å². The molecule has 0 bridgehead atoms. The van der Waals surface area contributed by atoms with Crippen LogP contribution in [0.3, 0.4) is 0 Å². The SMILES string of the molecule is O=C(O)CC=CF.[H-].[Na+]. The first kappa shape index (κ1) is 11.0. The number of carbonyl (C=O) groups is 1. The molecule has 0 aliphatic heterocycles. The molecule has 0 spiro atoms. The van der Waals surface area contributed by atoms with Crippen molar-refractivity contribution in [2.45, 2.75) is 6.42 Å². The maximum Gasteiger partial charge on any atom is 1.00 e. The number of halogens is 1. The van der Waals surface area contributed by atoms with Gasteiger partial charge in [-0.15, -0.1) is 0 Å². The third kappa shape index (κ3) is 9.46. The van der Waals surface area contributed by atoms with Gasteiger partial charge in [0.05, 0.1) is 12.8 Å². The maximum absolute atomic E-state index is 10.9. The summed E-state index contributed by atoms with van der Waals surface area (Å²) >= 11 is 0. The van der Waals surface area contributed by atoms with E-state index in [2.05, 4.69) is 0 Å². The van der Waals surface area contributed by atoms with Gasteiger partial charge in [-0.25, -0.2) is 4.39 Å². The molecule has 0 heterocycles. The molecule has 0 saturated heterocycles. The third-order valence-electron chi connectivity index (χ3n) is 0.382. The van der Waals surface area contributed by atoms with E-state index in [1.165, 1.54) is 0 Å². The minimum atomic E-state index is -1.02. The van der Waals surface area contributed by atoms with Gasteiger partial charge in [0.1, 0.15) is 0 Å². The Bertz CT molecular complexity index is 96.6. The van der Waals surface area contributed by atoms with Crippen LogP contribution in [0.25, 0.3) is 0 Å². The summed E-state index contributed by atoms with van der Waals surface area (Å²) < 4.78 is 10.9. The van der Waals surface area contributed by atoms with Crippen molar-refractivity contribution < 1.29 is 45.3 Å². The Balaban J connectivity index is -0.000000180. The molecule has 0 aromatic rings. The van der Waals surface area contributed by atoms with E-state index in [4.69, 9.17) is 5.11 Å². The van der Waals surface area contributed by atoms with E-state index in [0.29, 0.717) is 0 Å². The van der Waals surface area contributed by atoms with E-state index < -0.39 is 5.97 Å². The largest absolute Gasteiger partial charge is 1.00 e. The van der Waals surface area contributed by atoms with Crippen LogP contribution < -0.4 is 29.6 Å². The molecule has 0 amide bonds. The Morgan fingerprint density at radius 2 is 2.38 bits per heavy atom. The van der Waals surface area contributed by atoms with E-state index in [0.717, 1.165) is 6.08 Å². The van der Waals surface area contributed by atoms with Gasteiger partial charge in [0.15, 0.2) is 0 Å². The van der Waals surface area contributed by atoms with E-state index in [-0.39, 0.29) is 43.7 Å². The molecule has 0 unspecified atom stereocenters. The van der Waals surface area contributed by atoms with Crippen LogP contribution in [-0.4, -0.2) is 11.1 Å². The van der Waals surface area contributed by atoms with Crippen molar-refractivity contribution in [1.29, 1.82) is 0 Å². The van der Waals surface area contributed by atoms with Crippen molar-refractivity contribution >= 4 is 5.97 Å². The second kappa shape index (κ2) is 7.14. The topological polar surface area (TPSA) is 37.3 Å². The first-order chi connectivity index (χ1) is 3.27. The maximum atomic E-state index is 10.9. The van der Waals surface area contributed by atoms with Crippen molar-refractivity contribution in [3.8, 4) is 0 Å². The van der Waals surface area contributed by atoms with Crippen LogP contribution in [0.1, 0.15) is 7.85 Å². The van der Waals surface area contributed by atoms with Gasteiger partial charge in [-0.1, -0.05) is 0 Å². The normalized spacial score (nSPS) is 8.62. The molecule has 4 heteroatoms. The number of hydrogen-bond donors (Lipinski definition) is 1. The predicted octanol–water partition coefficient (Wildman–Crippen LogP) is -1.94. The number of carboxylic acid groups (broad SMARTS) is 1. The van der Waals surface area contributed by atoms with Crippen LogP contribution in [-0.2, 0) is 4.79 Å². The number of aliphatic carboxylic acids is 1. The molecule has 0 saturated carbocycles. The summed E-state index contributed by atoms with van der Waals surface area (Å²) in [7, 11) is 0. The zero-order chi connectivity index (χ0) is 5.70. The number of hydrogen-bond acceptors (Lipinski definition) is 1. The molecule has 0 rings (SSSR count). The van der Waals surface area contributed by atoms with Gasteiger partial charge >= 0.3 is 35.5 Å². The molecule has 2 nitrogen and oxygen atoms in total. The Morgan fingerprint density at radius 3 is 2.50 bits per heavy atom. The molecule has 42 valence electrons. The fourth-order valence-corrected chi connectivity index (χ4v) is 0.145. The van der Waals surface area contributed by atoms with Gasteiger partial charge in [-0.3, -0.25) is 4.79 Å². The Labute approximate surface area is 70.2 Å². The van der Waals surface area contributed by atoms with Crippen LogP contribution in [0, 0.1) is 0 Å². The summed E-state index contributed by atoms with van der Waals surface area (Å²) in [6.45, 7) is 0. The monoisotopic (exact) mass is 128 g/mol. The molecule has 0 fully saturated rings. The minimum Gasteiger partial charge on any atom is -1.00 e. The van der Waals surface area contributed by atoms with E-state index in [1.807, 2.05) is 0 Å². The molecule has 0 aromatic carbocycles. The van der Waals surface area contributed by atoms with Crippen LogP contribution in [0.2, 0.25) is 0 Å². The van der Waals surface area contributed by atoms with Crippen LogP contribution in [0.5, 0.6) is 0 Å². The third-order valence-corrected chi connectivity index (χ3v) is 0.382. The molecule has 0 aliphatic carbocycles. The van der Waals surface area contributed by atoms with Gasteiger partial charge in [0.2, 0.25) is 0 Å². The van der Waals surface area contributed by atoms with Crippen molar-refractivity contribution in [2.24, 2.45) is 0 Å². The fourth-order valence-electron chi connectivity index (χ4n) is 0.145. The summed E-state index contributed by atoms with van der Waals surface area (Å²) in [6, 6.07) is 0. The second-order valence-electron chi connectivity index (χ2n) is 0.960. The molecule has 0 atom stereocenters.